The van der Waals surface area contributed by atoms with Crippen molar-refractivity contribution in [1.82, 2.24) is 4.90 Å². The van der Waals surface area contributed by atoms with Crippen molar-refractivity contribution >= 4 is 0 Å². The van der Waals surface area contributed by atoms with Crippen molar-refractivity contribution in [2.75, 3.05) is 19.6 Å². The van der Waals surface area contributed by atoms with Crippen molar-refractivity contribution in [3.8, 4) is 0 Å². The van der Waals surface area contributed by atoms with Crippen molar-refractivity contribution in [3.63, 3.8) is 0 Å². The highest BCUT2D eigenvalue weighted by Crippen LogP contribution is 2.18. The predicted molar refractivity (Wildman–Crippen MR) is 53.2 cm³/mol. The summed E-state index contributed by atoms with van der Waals surface area (Å²) in [5.41, 5.74) is 5.96. The lowest BCUT2D eigenvalue weighted by atomic mass is 10.0. The van der Waals surface area contributed by atoms with Gasteiger partial charge in [-0.3, -0.25) is 4.90 Å². The van der Waals surface area contributed by atoms with E-state index in [2.05, 4.69) is 18.7 Å². The van der Waals surface area contributed by atoms with E-state index in [-0.39, 0.29) is 5.54 Å². The fourth-order valence-corrected chi connectivity index (χ4v) is 1.81. The molecule has 1 aliphatic heterocycles. The molecule has 1 heterocycles. The molecule has 2 heteroatoms. The third kappa shape index (κ3) is 2.46. The maximum absolute atomic E-state index is 5.75. The van der Waals surface area contributed by atoms with E-state index in [1.165, 1.54) is 38.8 Å². The van der Waals surface area contributed by atoms with Gasteiger partial charge in [-0.25, -0.2) is 0 Å². The first kappa shape index (κ1) is 10.0. The molecule has 0 saturated carbocycles. The van der Waals surface area contributed by atoms with Gasteiger partial charge in [0.25, 0.3) is 0 Å². The van der Waals surface area contributed by atoms with Crippen molar-refractivity contribution in [2.45, 2.75) is 45.1 Å². The van der Waals surface area contributed by atoms with Crippen LogP contribution in [0.3, 0.4) is 0 Å². The minimum Gasteiger partial charge on any atom is -0.329 e. The fraction of sp³-hybridized carbons (Fsp3) is 1.00. The first-order valence-corrected chi connectivity index (χ1v) is 5.12. The zero-order valence-corrected chi connectivity index (χ0v) is 8.47. The van der Waals surface area contributed by atoms with E-state index in [4.69, 9.17) is 5.73 Å². The Balaban J connectivity index is 2.47. The van der Waals surface area contributed by atoms with Crippen LogP contribution in [-0.4, -0.2) is 30.1 Å². The molecule has 12 heavy (non-hydrogen) atoms. The van der Waals surface area contributed by atoms with Crippen LogP contribution in [0.1, 0.15) is 39.5 Å². The van der Waals surface area contributed by atoms with Gasteiger partial charge < -0.3 is 5.73 Å². The molecule has 0 spiro atoms. The molecule has 0 atom stereocenters. The zero-order chi connectivity index (χ0) is 9.03. The van der Waals surface area contributed by atoms with E-state index in [9.17, 15) is 0 Å². The molecule has 0 radical (unpaired) electrons. The Kier molecular flexibility index (Phi) is 3.53. The van der Waals surface area contributed by atoms with Gasteiger partial charge in [-0.05, 0) is 39.8 Å². The number of nitrogens with zero attached hydrogens (tertiary/aromatic N) is 1. The van der Waals surface area contributed by atoms with Gasteiger partial charge in [0.15, 0.2) is 0 Å². The van der Waals surface area contributed by atoms with Crippen LogP contribution in [0.25, 0.3) is 0 Å². The molecule has 1 aliphatic rings. The van der Waals surface area contributed by atoms with E-state index in [0.717, 1.165) is 6.54 Å². The molecule has 2 N–H and O–H groups in total. The Morgan fingerprint density at radius 1 is 1.08 bits per heavy atom. The van der Waals surface area contributed by atoms with E-state index in [1.807, 2.05) is 0 Å². The van der Waals surface area contributed by atoms with Gasteiger partial charge in [-0.1, -0.05) is 12.8 Å². The van der Waals surface area contributed by atoms with Gasteiger partial charge in [0.2, 0.25) is 0 Å². The topological polar surface area (TPSA) is 29.3 Å². The number of hydrogen-bond donors (Lipinski definition) is 1. The van der Waals surface area contributed by atoms with Gasteiger partial charge in [-0.15, -0.1) is 0 Å². The van der Waals surface area contributed by atoms with Crippen LogP contribution >= 0.6 is 0 Å². The monoisotopic (exact) mass is 170 g/mol. The summed E-state index contributed by atoms with van der Waals surface area (Å²) < 4.78 is 0. The van der Waals surface area contributed by atoms with Crippen molar-refractivity contribution < 1.29 is 0 Å². The van der Waals surface area contributed by atoms with E-state index >= 15 is 0 Å². The van der Waals surface area contributed by atoms with Crippen molar-refractivity contribution in [3.05, 3.63) is 0 Å². The Morgan fingerprint density at radius 3 is 2.00 bits per heavy atom. The van der Waals surface area contributed by atoms with Gasteiger partial charge in [0.05, 0.1) is 0 Å². The summed E-state index contributed by atoms with van der Waals surface area (Å²) in [5.74, 6) is 0. The average Bonchev–Trinajstić information content (AvgIpc) is 2.32. The smallest absolute Gasteiger partial charge is 0.0275 e. The second-order valence-corrected chi connectivity index (χ2v) is 4.42. The minimum atomic E-state index is 0.213. The van der Waals surface area contributed by atoms with Crippen LogP contribution in [0.4, 0.5) is 0 Å². The molecule has 1 saturated heterocycles. The van der Waals surface area contributed by atoms with Crippen LogP contribution < -0.4 is 5.73 Å². The predicted octanol–water partition coefficient (Wildman–Crippen LogP) is 1.60. The van der Waals surface area contributed by atoms with Gasteiger partial charge in [0.1, 0.15) is 0 Å². The van der Waals surface area contributed by atoms with Crippen LogP contribution in [0.15, 0.2) is 0 Å². The van der Waals surface area contributed by atoms with Crippen LogP contribution in [0, 0.1) is 0 Å². The molecule has 0 amide bonds. The maximum atomic E-state index is 5.75. The summed E-state index contributed by atoms with van der Waals surface area (Å²) in [7, 11) is 0. The summed E-state index contributed by atoms with van der Waals surface area (Å²) >= 11 is 0. The number of nitrogens with two attached hydrogens (primary N) is 1. The average molecular weight is 170 g/mol. The highest BCUT2D eigenvalue weighted by molar-refractivity contribution is 4.83. The molecule has 72 valence electrons. The third-order valence-electron chi connectivity index (χ3n) is 2.96. The second-order valence-electron chi connectivity index (χ2n) is 4.42. The van der Waals surface area contributed by atoms with E-state index in [0.29, 0.717) is 0 Å². The number of rotatable bonds is 2. The fourth-order valence-electron chi connectivity index (χ4n) is 1.81. The molecule has 0 aromatic rings. The highest BCUT2D eigenvalue weighted by Gasteiger charge is 2.24. The zero-order valence-electron chi connectivity index (χ0n) is 8.47. The summed E-state index contributed by atoms with van der Waals surface area (Å²) in [6, 6.07) is 0. The molecular formula is C10H22N2. The van der Waals surface area contributed by atoms with E-state index < -0.39 is 0 Å². The summed E-state index contributed by atoms with van der Waals surface area (Å²) in [6.07, 6.45) is 5.50. The largest absolute Gasteiger partial charge is 0.329 e. The van der Waals surface area contributed by atoms with Crippen molar-refractivity contribution in [1.29, 1.82) is 0 Å². The molecule has 0 bridgehead atoms. The standard InChI is InChI=1S/C10H22N2/c1-10(2,9-11)12-7-5-3-4-6-8-12/h3-9,11H2,1-2H3. The molecular weight excluding hydrogens is 148 g/mol. The highest BCUT2D eigenvalue weighted by atomic mass is 15.2. The van der Waals surface area contributed by atoms with Gasteiger partial charge in [0, 0.05) is 12.1 Å². The number of likely N-dealkylation sites (tertiary alicyclic amines) is 1. The summed E-state index contributed by atoms with van der Waals surface area (Å²) in [6.45, 7) is 7.75. The van der Waals surface area contributed by atoms with Crippen LogP contribution in [0.2, 0.25) is 0 Å². The minimum absolute atomic E-state index is 0.213. The van der Waals surface area contributed by atoms with Crippen molar-refractivity contribution in [2.24, 2.45) is 5.73 Å². The summed E-state index contributed by atoms with van der Waals surface area (Å²) in [4.78, 5) is 2.54. The van der Waals surface area contributed by atoms with Gasteiger partial charge >= 0.3 is 0 Å². The molecule has 0 unspecified atom stereocenters. The third-order valence-corrected chi connectivity index (χ3v) is 2.96. The Bertz CT molecular complexity index is 124. The Hall–Kier alpha value is -0.0800. The molecule has 0 aliphatic carbocycles. The van der Waals surface area contributed by atoms with Crippen LogP contribution in [0.5, 0.6) is 0 Å². The molecule has 1 fully saturated rings. The first-order valence-electron chi connectivity index (χ1n) is 5.12. The lowest BCUT2D eigenvalue weighted by Crippen LogP contribution is -2.49. The molecule has 0 aromatic carbocycles. The SMILES string of the molecule is CC(C)(CN)N1CCCCCC1. The number of hydrogen-bond acceptors (Lipinski definition) is 2. The quantitative estimate of drug-likeness (QED) is 0.682. The first-order chi connectivity index (χ1) is 5.67. The lowest BCUT2D eigenvalue weighted by Gasteiger charge is -2.36. The maximum Gasteiger partial charge on any atom is 0.0275 e. The second kappa shape index (κ2) is 4.24. The van der Waals surface area contributed by atoms with E-state index in [1.54, 1.807) is 0 Å². The van der Waals surface area contributed by atoms with Gasteiger partial charge in [-0.2, -0.15) is 0 Å². The lowest BCUT2D eigenvalue weighted by molar-refractivity contribution is 0.132. The summed E-state index contributed by atoms with van der Waals surface area (Å²) in [5, 5.41) is 0. The Morgan fingerprint density at radius 2 is 1.58 bits per heavy atom. The molecule has 1 rings (SSSR count). The molecule has 2 nitrogen and oxygen atoms in total. The van der Waals surface area contributed by atoms with Crippen LogP contribution in [-0.2, 0) is 0 Å². The molecule has 0 aromatic heterocycles. The normalized spacial score (nSPS) is 22.2. The Labute approximate surface area is 76.1 Å².